The molecule has 2 atom stereocenters. The maximum atomic E-state index is 11.8. The first-order chi connectivity index (χ1) is 13.0. The normalized spacial score (nSPS) is 13.1. The predicted octanol–water partition coefficient (Wildman–Crippen LogP) is 2.11. The zero-order chi connectivity index (χ0) is 19.2. The lowest BCUT2D eigenvalue weighted by Gasteiger charge is -2.19. The van der Waals surface area contributed by atoms with Gasteiger partial charge in [-0.15, -0.1) is 0 Å². The van der Waals surface area contributed by atoms with Gasteiger partial charge in [0, 0.05) is 12.6 Å². The summed E-state index contributed by atoms with van der Waals surface area (Å²) in [7, 11) is 0. The number of benzene rings is 2. The molecular formula is C20H19NO6. The van der Waals surface area contributed by atoms with E-state index < -0.39 is 18.3 Å². The van der Waals surface area contributed by atoms with Crippen LogP contribution in [0.3, 0.4) is 0 Å². The number of aliphatic hydroxyl groups is 2. The molecule has 3 aromatic rings. The fourth-order valence-corrected chi connectivity index (χ4v) is 2.58. The number of amides is 1. The smallest absolute Gasteiger partial charge is 0.407 e. The lowest BCUT2D eigenvalue weighted by Crippen LogP contribution is -2.35. The second-order valence-corrected chi connectivity index (χ2v) is 6.00. The zero-order valence-corrected chi connectivity index (χ0v) is 14.4. The van der Waals surface area contributed by atoms with E-state index in [0.29, 0.717) is 16.5 Å². The van der Waals surface area contributed by atoms with Crippen LogP contribution in [0.15, 0.2) is 70.1 Å². The lowest BCUT2D eigenvalue weighted by molar-refractivity contribution is 0.0184. The fraction of sp³-hybridized carbons (Fsp3) is 0.200. The van der Waals surface area contributed by atoms with Gasteiger partial charge in [-0.2, -0.15) is 0 Å². The second kappa shape index (κ2) is 8.48. The van der Waals surface area contributed by atoms with Crippen LogP contribution in [0.1, 0.15) is 17.2 Å². The molecule has 2 aromatic carbocycles. The van der Waals surface area contributed by atoms with Crippen molar-refractivity contribution in [3.8, 4) is 0 Å². The number of ether oxygens (including phenoxy) is 1. The molecule has 2 unspecified atom stereocenters. The number of hydrogen-bond donors (Lipinski definition) is 3. The van der Waals surface area contributed by atoms with Gasteiger partial charge in [-0.25, -0.2) is 4.79 Å². The maximum absolute atomic E-state index is 11.8. The third kappa shape index (κ3) is 4.72. The molecule has 7 heteroatoms. The first-order valence-electron chi connectivity index (χ1n) is 8.37. The molecule has 0 radical (unpaired) electrons. The molecule has 0 saturated heterocycles. The van der Waals surface area contributed by atoms with Crippen molar-refractivity contribution in [3.63, 3.8) is 0 Å². The van der Waals surface area contributed by atoms with Crippen LogP contribution in [0.2, 0.25) is 0 Å². The Labute approximate surface area is 154 Å². The standard InChI is InChI=1S/C20H19NO6/c22-16-8-9-26-18-7-6-14(10-15(16)18)19(24)17(23)11-21-20(25)27-12-13-4-2-1-3-5-13/h1-10,17,19,23-24H,11-12H2,(H,21,25). The number of rotatable bonds is 6. The van der Waals surface area contributed by atoms with E-state index in [-0.39, 0.29) is 18.6 Å². The first-order valence-corrected chi connectivity index (χ1v) is 8.37. The van der Waals surface area contributed by atoms with Gasteiger partial charge in [-0.05, 0) is 23.3 Å². The summed E-state index contributed by atoms with van der Waals surface area (Å²) in [5.74, 6) is 0. The molecular weight excluding hydrogens is 350 g/mol. The molecule has 140 valence electrons. The first kappa shape index (κ1) is 18.6. The highest BCUT2D eigenvalue weighted by Gasteiger charge is 2.20. The van der Waals surface area contributed by atoms with E-state index >= 15 is 0 Å². The van der Waals surface area contributed by atoms with E-state index in [4.69, 9.17) is 9.15 Å². The van der Waals surface area contributed by atoms with Crippen molar-refractivity contribution in [2.75, 3.05) is 6.54 Å². The number of carbonyl (C=O) groups excluding carboxylic acids is 1. The molecule has 1 heterocycles. The van der Waals surface area contributed by atoms with E-state index in [1.165, 1.54) is 18.4 Å². The Bertz CT molecular complexity index is 969. The van der Waals surface area contributed by atoms with Crippen molar-refractivity contribution < 1.29 is 24.2 Å². The molecule has 0 aliphatic rings. The van der Waals surface area contributed by atoms with Gasteiger partial charge in [0.15, 0.2) is 5.43 Å². The van der Waals surface area contributed by atoms with Gasteiger partial charge in [-0.1, -0.05) is 36.4 Å². The highest BCUT2D eigenvalue weighted by Crippen LogP contribution is 2.20. The van der Waals surface area contributed by atoms with E-state index in [2.05, 4.69) is 5.32 Å². The van der Waals surface area contributed by atoms with E-state index in [1.54, 1.807) is 12.1 Å². The molecule has 1 amide bonds. The molecule has 3 rings (SSSR count). The van der Waals surface area contributed by atoms with Crippen LogP contribution < -0.4 is 10.7 Å². The van der Waals surface area contributed by atoms with Gasteiger partial charge in [-0.3, -0.25) is 4.79 Å². The Balaban J connectivity index is 1.56. The van der Waals surface area contributed by atoms with Gasteiger partial charge in [0.25, 0.3) is 0 Å². The SMILES string of the molecule is O=C(NCC(O)C(O)c1ccc2occc(=O)c2c1)OCc1ccccc1. The Morgan fingerprint density at radius 2 is 1.89 bits per heavy atom. The average molecular weight is 369 g/mol. The summed E-state index contributed by atoms with van der Waals surface area (Å²) >= 11 is 0. The third-order valence-electron chi connectivity index (χ3n) is 4.06. The van der Waals surface area contributed by atoms with E-state index in [9.17, 15) is 19.8 Å². The average Bonchev–Trinajstić information content (AvgIpc) is 2.70. The van der Waals surface area contributed by atoms with Crippen LogP contribution >= 0.6 is 0 Å². The number of fused-ring (bicyclic) bond motifs is 1. The number of alkyl carbamates (subject to hydrolysis) is 1. The number of aliphatic hydroxyl groups excluding tert-OH is 2. The van der Waals surface area contributed by atoms with Crippen LogP contribution in [-0.4, -0.2) is 29.0 Å². The van der Waals surface area contributed by atoms with Crippen LogP contribution in [-0.2, 0) is 11.3 Å². The topological polar surface area (TPSA) is 109 Å². The summed E-state index contributed by atoms with van der Waals surface area (Å²) in [5.41, 5.74) is 1.31. The van der Waals surface area contributed by atoms with Crippen molar-refractivity contribution in [1.82, 2.24) is 5.32 Å². The molecule has 7 nitrogen and oxygen atoms in total. The maximum Gasteiger partial charge on any atom is 0.407 e. The highest BCUT2D eigenvalue weighted by atomic mass is 16.5. The largest absolute Gasteiger partial charge is 0.464 e. The summed E-state index contributed by atoms with van der Waals surface area (Å²) in [6, 6.07) is 15.0. The number of carbonyl (C=O) groups is 1. The van der Waals surface area contributed by atoms with Crippen LogP contribution in [0.5, 0.6) is 0 Å². The minimum absolute atomic E-state index is 0.103. The number of hydrogen-bond acceptors (Lipinski definition) is 6. The van der Waals surface area contributed by atoms with Crippen molar-refractivity contribution in [2.45, 2.75) is 18.8 Å². The zero-order valence-electron chi connectivity index (χ0n) is 14.4. The Hall–Kier alpha value is -3.16. The lowest BCUT2D eigenvalue weighted by atomic mass is 10.0. The van der Waals surface area contributed by atoms with Crippen molar-refractivity contribution in [1.29, 1.82) is 0 Å². The number of nitrogens with one attached hydrogen (secondary N) is 1. The van der Waals surface area contributed by atoms with Gasteiger partial charge in [0.1, 0.15) is 24.4 Å². The van der Waals surface area contributed by atoms with E-state index in [0.717, 1.165) is 5.56 Å². The highest BCUT2D eigenvalue weighted by molar-refractivity contribution is 5.77. The van der Waals surface area contributed by atoms with Crippen LogP contribution in [0, 0.1) is 0 Å². The fourth-order valence-electron chi connectivity index (χ4n) is 2.58. The van der Waals surface area contributed by atoms with Gasteiger partial charge in [0.2, 0.25) is 0 Å². The quantitative estimate of drug-likeness (QED) is 0.614. The predicted molar refractivity (Wildman–Crippen MR) is 98.1 cm³/mol. The second-order valence-electron chi connectivity index (χ2n) is 6.00. The Kier molecular flexibility index (Phi) is 5.85. The Morgan fingerprint density at radius 1 is 1.11 bits per heavy atom. The summed E-state index contributed by atoms with van der Waals surface area (Å²) in [5, 5.41) is 23.1. The monoisotopic (exact) mass is 369 g/mol. The minimum atomic E-state index is -1.29. The molecule has 0 aliphatic carbocycles. The van der Waals surface area contributed by atoms with Crippen LogP contribution in [0.25, 0.3) is 11.0 Å². The van der Waals surface area contributed by atoms with Crippen molar-refractivity contribution in [2.24, 2.45) is 0 Å². The van der Waals surface area contributed by atoms with Crippen molar-refractivity contribution >= 4 is 17.1 Å². The van der Waals surface area contributed by atoms with Gasteiger partial charge >= 0.3 is 6.09 Å². The molecule has 27 heavy (non-hydrogen) atoms. The van der Waals surface area contributed by atoms with Gasteiger partial charge in [0.05, 0.1) is 11.6 Å². The molecule has 0 bridgehead atoms. The molecule has 0 aliphatic heterocycles. The molecule has 0 fully saturated rings. The summed E-state index contributed by atoms with van der Waals surface area (Å²) in [6.45, 7) is -0.109. The molecule has 1 aromatic heterocycles. The summed E-state index contributed by atoms with van der Waals surface area (Å²) < 4.78 is 10.3. The third-order valence-corrected chi connectivity index (χ3v) is 4.06. The summed E-state index contributed by atoms with van der Waals surface area (Å²) in [4.78, 5) is 23.6. The van der Waals surface area contributed by atoms with Gasteiger partial charge < -0.3 is 24.7 Å². The van der Waals surface area contributed by atoms with Crippen LogP contribution in [0.4, 0.5) is 4.79 Å². The summed E-state index contributed by atoms with van der Waals surface area (Å²) in [6.07, 6.45) is -1.98. The molecule has 0 saturated carbocycles. The minimum Gasteiger partial charge on any atom is -0.464 e. The molecule has 3 N–H and O–H groups in total. The van der Waals surface area contributed by atoms with E-state index in [1.807, 2.05) is 30.3 Å². The Morgan fingerprint density at radius 3 is 2.67 bits per heavy atom. The van der Waals surface area contributed by atoms with Crippen molar-refractivity contribution in [3.05, 3.63) is 82.2 Å². The molecule has 0 spiro atoms.